The van der Waals surface area contributed by atoms with E-state index in [1.165, 1.54) is 12.1 Å². The van der Waals surface area contributed by atoms with Gasteiger partial charge in [-0.25, -0.2) is 4.39 Å². The number of ether oxygens (including phenoxy) is 2. The van der Waals surface area contributed by atoms with Gasteiger partial charge >= 0.3 is 0 Å². The largest absolute Gasteiger partial charge is 0.486 e. The number of nitrogens with one attached hydrogen (secondary N) is 1. The summed E-state index contributed by atoms with van der Waals surface area (Å²) >= 11 is 0. The van der Waals surface area contributed by atoms with Crippen molar-refractivity contribution >= 4 is 11.6 Å². The fourth-order valence-electron chi connectivity index (χ4n) is 2.40. The topological polar surface area (TPSA) is 47.6 Å². The second kappa shape index (κ2) is 5.91. The number of carbonyl (C=O) groups is 1. The second-order valence-corrected chi connectivity index (χ2v) is 5.92. The number of halogens is 1. The molecule has 0 fully saturated rings. The highest BCUT2D eigenvalue weighted by Crippen LogP contribution is 2.35. The molecule has 23 heavy (non-hydrogen) atoms. The van der Waals surface area contributed by atoms with Gasteiger partial charge in [0.25, 0.3) is 0 Å². The van der Waals surface area contributed by atoms with E-state index in [4.69, 9.17) is 9.47 Å². The van der Waals surface area contributed by atoms with Gasteiger partial charge in [0, 0.05) is 0 Å². The molecule has 5 heteroatoms. The maximum absolute atomic E-state index is 13.7. The maximum atomic E-state index is 13.7. The number of hydrogen-bond donors (Lipinski definition) is 1. The number of amides is 1. The van der Waals surface area contributed by atoms with Crippen molar-refractivity contribution in [3.8, 4) is 11.5 Å². The molecule has 1 heterocycles. The summed E-state index contributed by atoms with van der Waals surface area (Å²) in [4.78, 5) is 12.6. The van der Waals surface area contributed by atoms with Crippen LogP contribution in [0.2, 0.25) is 0 Å². The number of para-hydroxylation sites is 1. The molecule has 0 bridgehead atoms. The standard InChI is InChI=1S/C18H18FNO3/c1-18(2,17(21)20-14-6-4-3-5-13(14)19)12-7-8-15-16(11-12)23-10-9-22-15/h3-8,11H,9-10H2,1-2H3,(H,20,21). The van der Waals surface area contributed by atoms with Gasteiger partial charge in [-0.15, -0.1) is 0 Å². The molecule has 1 N–H and O–H groups in total. The lowest BCUT2D eigenvalue weighted by Gasteiger charge is -2.26. The van der Waals surface area contributed by atoms with Gasteiger partial charge in [-0.2, -0.15) is 0 Å². The Morgan fingerprint density at radius 2 is 1.78 bits per heavy atom. The fourth-order valence-corrected chi connectivity index (χ4v) is 2.40. The van der Waals surface area contributed by atoms with Crippen molar-refractivity contribution in [2.24, 2.45) is 0 Å². The van der Waals surface area contributed by atoms with E-state index in [0.29, 0.717) is 24.7 Å². The molecule has 1 amide bonds. The van der Waals surface area contributed by atoms with Crippen LogP contribution in [0.25, 0.3) is 0 Å². The van der Waals surface area contributed by atoms with Crippen LogP contribution in [0.3, 0.4) is 0 Å². The van der Waals surface area contributed by atoms with Crippen LogP contribution < -0.4 is 14.8 Å². The van der Waals surface area contributed by atoms with Crippen molar-refractivity contribution < 1.29 is 18.7 Å². The average Bonchev–Trinajstić information content (AvgIpc) is 2.56. The molecule has 0 unspecified atom stereocenters. The number of anilines is 1. The third-order valence-electron chi connectivity index (χ3n) is 3.95. The van der Waals surface area contributed by atoms with E-state index >= 15 is 0 Å². The summed E-state index contributed by atoms with van der Waals surface area (Å²) in [5.41, 5.74) is 0.0942. The Morgan fingerprint density at radius 3 is 2.52 bits per heavy atom. The minimum atomic E-state index is -0.849. The van der Waals surface area contributed by atoms with Gasteiger partial charge in [0.05, 0.1) is 11.1 Å². The molecule has 2 aromatic carbocycles. The number of carbonyl (C=O) groups excluding carboxylic acids is 1. The first-order valence-corrected chi connectivity index (χ1v) is 7.44. The first kappa shape index (κ1) is 15.3. The zero-order valence-corrected chi connectivity index (χ0v) is 13.1. The zero-order chi connectivity index (χ0) is 16.4. The summed E-state index contributed by atoms with van der Waals surface area (Å²) in [6.45, 7) is 4.57. The average molecular weight is 315 g/mol. The van der Waals surface area contributed by atoms with Gasteiger partial charge in [0.1, 0.15) is 19.0 Å². The highest BCUT2D eigenvalue weighted by molar-refractivity contribution is 5.98. The van der Waals surface area contributed by atoms with Crippen LogP contribution in [-0.4, -0.2) is 19.1 Å². The summed E-state index contributed by atoms with van der Waals surface area (Å²) in [5.74, 6) is 0.545. The molecule has 0 saturated carbocycles. The number of hydrogen-bond acceptors (Lipinski definition) is 3. The summed E-state index contributed by atoms with van der Waals surface area (Å²) in [7, 11) is 0. The molecule has 0 spiro atoms. The predicted molar refractivity (Wildman–Crippen MR) is 85.5 cm³/mol. The molecule has 120 valence electrons. The van der Waals surface area contributed by atoms with Crippen molar-refractivity contribution in [2.75, 3.05) is 18.5 Å². The van der Waals surface area contributed by atoms with E-state index in [0.717, 1.165) is 5.56 Å². The normalized spacial score (nSPS) is 13.5. The number of rotatable bonds is 3. The molecule has 4 nitrogen and oxygen atoms in total. The molecule has 3 rings (SSSR count). The number of benzene rings is 2. The Kier molecular flexibility index (Phi) is 3.94. The van der Waals surface area contributed by atoms with E-state index in [1.54, 1.807) is 38.1 Å². The minimum Gasteiger partial charge on any atom is -0.486 e. The Balaban J connectivity index is 1.85. The lowest BCUT2D eigenvalue weighted by atomic mass is 9.83. The first-order valence-electron chi connectivity index (χ1n) is 7.44. The van der Waals surface area contributed by atoms with Crippen LogP contribution in [0.4, 0.5) is 10.1 Å². The molecule has 0 radical (unpaired) electrons. The lowest BCUT2D eigenvalue weighted by Crippen LogP contribution is -2.35. The van der Waals surface area contributed by atoms with Crippen molar-refractivity contribution in [3.63, 3.8) is 0 Å². The Morgan fingerprint density at radius 1 is 1.09 bits per heavy atom. The van der Waals surface area contributed by atoms with Crippen LogP contribution in [0.5, 0.6) is 11.5 Å². The van der Waals surface area contributed by atoms with Gasteiger partial charge in [-0.1, -0.05) is 18.2 Å². The third-order valence-corrected chi connectivity index (χ3v) is 3.95. The van der Waals surface area contributed by atoms with E-state index in [1.807, 2.05) is 6.07 Å². The molecule has 0 aliphatic carbocycles. The molecule has 0 saturated heterocycles. The maximum Gasteiger partial charge on any atom is 0.234 e. The molecule has 1 aliphatic heterocycles. The van der Waals surface area contributed by atoms with Crippen LogP contribution in [-0.2, 0) is 10.2 Å². The van der Waals surface area contributed by atoms with E-state index in [9.17, 15) is 9.18 Å². The molecular formula is C18H18FNO3. The zero-order valence-electron chi connectivity index (χ0n) is 13.1. The summed E-state index contributed by atoms with van der Waals surface area (Å²) in [5, 5.41) is 2.64. The van der Waals surface area contributed by atoms with Crippen molar-refractivity contribution in [2.45, 2.75) is 19.3 Å². The lowest BCUT2D eigenvalue weighted by molar-refractivity contribution is -0.120. The summed E-state index contributed by atoms with van der Waals surface area (Å²) in [6.07, 6.45) is 0. The smallest absolute Gasteiger partial charge is 0.234 e. The molecule has 0 atom stereocenters. The minimum absolute atomic E-state index is 0.170. The SMILES string of the molecule is CC(C)(C(=O)Nc1ccccc1F)c1ccc2c(c1)OCCO2. The number of fused-ring (bicyclic) bond motifs is 1. The fraction of sp³-hybridized carbons (Fsp3) is 0.278. The van der Waals surface area contributed by atoms with Gasteiger partial charge in [0.15, 0.2) is 11.5 Å². The first-order chi connectivity index (χ1) is 11.0. The summed E-state index contributed by atoms with van der Waals surface area (Å²) in [6, 6.07) is 11.5. The van der Waals surface area contributed by atoms with Crippen LogP contribution in [0.1, 0.15) is 19.4 Å². The van der Waals surface area contributed by atoms with Crippen LogP contribution in [0.15, 0.2) is 42.5 Å². The second-order valence-electron chi connectivity index (χ2n) is 5.92. The third kappa shape index (κ3) is 2.99. The van der Waals surface area contributed by atoms with Crippen molar-refractivity contribution in [3.05, 3.63) is 53.8 Å². The highest BCUT2D eigenvalue weighted by atomic mass is 19.1. The van der Waals surface area contributed by atoms with Crippen molar-refractivity contribution in [1.29, 1.82) is 0 Å². The Bertz CT molecular complexity index is 743. The molecule has 1 aliphatic rings. The molecule has 2 aromatic rings. The quantitative estimate of drug-likeness (QED) is 0.943. The van der Waals surface area contributed by atoms with Gasteiger partial charge < -0.3 is 14.8 Å². The predicted octanol–water partition coefficient (Wildman–Crippen LogP) is 3.51. The Hall–Kier alpha value is -2.56. The van der Waals surface area contributed by atoms with Crippen LogP contribution in [0, 0.1) is 5.82 Å². The highest BCUT2D eigenvalue weighted by Gasteiger charge is 2.31. The van der Waals surface area contributed by atoms with Crippen molar-refractivity contribution in [1.82, 2.24) is 0 Å². The van der Waals surface area contributed by atoms with Gasteiger partial charge in [-0.05, 0) is 43.7 Å². The molecular weight excluding hydrogens is 297 g/mol. The van der Waals surface area contributed by atoms with E-state index in [-0.39, 0.29) is 11.6 Å². The van der Waals surface area contributed by atoms with Crippen LogP contribution >= 0.6 is 0 Å². The molecule has 0 aromatic heterocycles. The van der Waals surface area contributed by atoms with E-state index in [2.05, 4.69) is 5.32 Å². The monoisotopic (exact) mass is 315 g/mol. The van der Waals surface area contributed by atoms with Gasteiger partial charge in [0.2, 0.25) is 5.91 Å². The van der Waals surface area contributed by atoms with E-state index < -0.39 is 11.2 Å². The Labute approximate surface area is 134 Å². The summed E-state index contributed by atoms with van der Waals surface area (Å²) < 4.78 is 24.8. The van der Waals surface area contributed by atoms with Gasteiger partial charge in [-0.3, -0.25) is 4.79 Å².